The zero-order valence-corrected chi connectivity index (χ0v) is 14.2. The molecule has 0 saturated heterocycles. The predicted molar refractivity (Wildman–Crippen MR) is 102 cm³/mol. The molecule has 0 aliphatic carbocycles. The lowest BCUT2D eigenvalue weighted by molar-refractivity contribution is 0.282. The molecule has 1 nitrogen and oxygen atoms in total. The molecule has 0 bridgehead atoms. The van der Waals surface area contributed by atoms with E-state index in [2.05, 4.69) is 80.6 Å². The van der Waals surface area contributed by atoms with Crippen molar-refractivity contribution in [2.75, 3.05) is 0 Å². The third-order valence-electron chi connectivity index (χ3n) is 4.20. The Labute approximate surface area is 143 Å². The number of benzene rings is 3. The molecular formula is C23H22O. The Morgan fingerprint density at radius 2 is 1.17 bits per heavy atom. The Morgan fingerprint density at radius 3 is 1.67 bits per heavy atom. The lowest BCUT2D eigenvalue weighted by atomic mass is 9.94. The van der Waals surface area contributed by atoms with Crippen molar-refractivity contribution in [3.05, 3.63) is 106 Å². The smallest absolute Gasteiger partial charge is 0.0681 e. The number of aliphatic hydroxyl groups excluding tert-OH is 1. The van der Waals surface area contributed by atoms with Crippen LogP contribution >= 0.6 is 0 Å². The first-order valence-electron chi connectivity index (χ1n) is 8.21. The van der Waals surface area contributed by atoms with Gasteiger partial charge in [-0.25, -0.2) is 0 Å². The van der Waals surface area contributed by atoms with Crippen molar-refractivity contribution in [1.29, 1.82) is 0 Å². The highest BCUT2D eigenvalue weighted by molar-refractivity contribution is 5.91. The molecule has 1 heteroatoms. The Hall–Kier alpha value is -2.64. The molecule has 0 heterocycles. The molecule has 0 aromatic heterocycles. The number of aryl methyl sites for hydroxylation is 2. The minimum absolute atomic E-state index is 0.0713. The van der Waals surface area contributed by atoms with Crippen LogP contribution in [0.25, 0.3) is 11.6 Å². The van der Waals surface area contributed by atoms with Crippen molar-refractivity contribution in [2.45, 2.75) is 20.5 Å². The van der Waals surface area contributed by atoms with Gasteiger partial charge in [-0.2, -0.15) is 0 Å². The topological polar surface area (TPSA) is 20.2 Å². The van der Waals surface area contributed by atoms with Crippen LogP contribution in [0.1, 0.15) is 33.4 Å². The summed E-state index contributed by atoms with van der Waals surface area (Å²) in [6.07, 6.45) is 2.22. The quantitative estimate of drug-likeness (QED) is 0.641. The lowest BCUT2D eigenvalue weighted by Gasteiger charge is -2.10. The van der Waals surface area contributed by atoms with Gasteiger partial charge < -0.3 is 5.11 Å². The first kappa shape index (κ1) is 16.2. The number of hydrogen-bond donors (Lipinski definition) is 1. The minimum Gasteiger partial charge on any atom is -0.392 e. The summed E-state index contributed by atoms with van der Waals surface area (Å²) in [7, 11) is 0. The summed E-state index contributed by atoms with van der Waals surface area (Å²) in [4.78, 5) is 0. The number of hydrogen-bond acceptors (Lipinski definition) is 1. The van der Waals surface area contributed by atoms with E-state index in [0.29, 0.717) is 0 Å². The maximum Gasteiger partial charge on any atom is 0.0681 e. The molecular weight excluding hydrogens is 292 g/mol. The average molecular weight is 314 g/mol. The normalized spacial score (nSPS) is 11.5. The Morgan fingerprint density at radius 1 is 0.708 bits per heavy atom. The van der Waals surface area contributed by atoms with Crippen molar-refractivity contribution < 1.29 is 5.11 Å². The van der Waals surface area contributed by atoms with E-state index in [1.54, 1.807) is 0 Å². The summed E-state index contributed by atoms with van der Waals surface area (Å²) in [5.41, 5.74) is 8.15. The SMILES string of the molecule is Cc1ccc(/C=C(\c2ccc(C)cc2)c2ccc(CO)cc2)cc1. The summed E-state index contributed by atoms with van der Waals surface area (Å²) in [5, 5.41) is 9.26. The fraction of sp³-hybridized carbons (Fsp3) is 0.130. The van der Waals surface area contributed by atoms with E-state index in [0.717, 1.165) is 11.1 Å². The van der Waals surface area contributed by atoms with Gasteiger partial charge in [-0.15, -0.1) is 0 Å². The molecule has 1 N–H and O–H groups in total. The molecule has 0 amide bonds. The molecule has 0 unspecified atom stereocenters. The van der Waals surface area contributed by atoms with Crippen LogP contribution in [0.2, 0.25) is 0 Å². The molecule has 120 valence electrons. The second-order valence-electron chi connectivity index (χ2n) is 6.19. The first-order valence-corrected chi connectivity index (χ1v) is 8.21. The third kappa shape index (κ3) is 3.81. The monoisotopic (exact) mass is 314 g/mol. The highest BCUT2D eigenvalue weighted by atomic mass is 16.3. The van der Waals surface area contributed by atoms with Crippen molar-refractivity contribution in [1.82, 2.24) is 0 Å². The van der Waals surface area contributed by atoms with Gasteiger partial charge in [-0.1, -0.05) is 83.9 Å². The van der Waals surface area contributed by atoms with Crippen molar-refractivity contribution in [3.63, 3.8) is 0 Å². The van der Waals surface area contributed by atoms with E-state index in [1.807, 2.05) is 12.1 Å². The van der Waals surface area contributed by atoms with Gasteiger partial charge >= 0.3 is 0 Å². The average Bonchev–Trinajstić information content (AvgIpc) is 2.62. The van der Waals surface area contributed by atoms with Gasteiger partial charge in [-0.3, -0.25) is 0 Å². The maximum atomic E-state index is 9.26. The summed E-state index contributed by atoms with van der Waals surface area (Å²) in [6.45, 7) is 4.27. The van der Waals surface area contributed by atoms with Gasteiger partial charge in [0.2, 0.25) is 0 Å². The summed E-state index contributed by atoms with van der Waals surface area (Å²) in [5.74, 6) is 0. The van der Waals surface area contributed by atoms with E-state index in [1.165, 1.54) is 27.8 Å². The van der Waals surface area contributed by atoms with Crippen LogP contribution in [-0.2, 0) is 6.61 Å². The zero-order valence-electron chi connectivity index (χ0n) is 14.2. The summed E-state index contributed by atoms with van der Waals surface area (Å²) >= 11 is 0. The van der Waals surface area contributed by atoms with Gasteiger partial charge in [0.15, 0.2) is 0 Å². The Kier molecular flexibility index (Phi) is 4.93. The second kappa shape index (κ2) is 7.29. The molecule has 0 fully saturated rings. The second-order valence-corrected chi connectivity index (χ2v) is 6.19. The molecule has 3 aromatic carbocycles. The largest absolute Gasteiger partial charge is 0.392 e. The highest BCUT2D eigenvalue weighted by Crippen LogP contribution is 2.27. The van der Waals surface area contributed by atoms with E-state index in [-0.39, 0.29) is 6.61 Å². The number of rotatable bonds is 4. The maximum absolute atomic E-state index is 9.26. The number of aliphatic hydroxyl groups is 1. The highest BCUT2D eigenvalue weighted by Gasteiger charge is 2.06. The van der Waals surface area contributed by atoms with Crippen LogP contribution in [0, 0.1) is 13.8 Å². The van der Waals surface area contributed by atoms with Gasteiger partial charge in [0.25, 0.3) is 0 Å². The van der Waals surface area contributed by atoms with Gasteiger partial charge in [0.05, 0.1) is 6.61 Å². The molecule has 0 radical (unpaired) electrons. The lowest BCUT2D eigenvalue weighted by Crippen LogP contribution is -1.91. The van der Waals surface area contributed by atoms with Gasteiger partial charge in [0.1, 0.15) is 0 Å². The third-order valence-corrected chi connectivity index (χ3v) is 4.20. The van der Waals surface area contributed by atoms with Crippen LogP contribution < -0.4 is 0 Å². The Balaban J connectivity index is 2.08. The molecule has 0 aliphatic rings. The molecule has 3 rings (SSSR count). The van der Waals surface area contributed by atoms with Crippen LogP contribution in [0.5, 0.6) is 0 Å². The van der Waals surface area contributed by atoms with Gasteiger partial charge in [-0.05, 0) is 47.8 Å². The molecule has 0 aliphatic heterocycles. The van der Waals surface area contributed by atoms with Gasteiger partial charge in [0, 0.05) is 0 Å². The molecule has 0 spiro atoms. The fourth-order valence-electron chi connectivity index (χ4n) is 2.69. The Bertz CT molecular complexity index is 823. The van der Waals surface area contributed by atoms with E-state index < -0.39 is 0 Å². The zero-order chi connectivity index (χ0) is 16.9. The standard InChI is InChI=1S/C23H22O/c1-17-3-7-19(8-4-17)15-23(21-11-5-18(2)6-12-21)22-13-9-20(16-24)10-14-22/h3-15,24H,16H2,1-2H3/b23-15+. The van der Waals surface area contributed by atoms with Crippen molar-refractivity contribution in [2.24, 2.45) is 0 Å². The van der Waals surface area contributed by atoms with Crippen molar-refractivity contribution >= 4 is 11.6 Å². The molecule has 0 saturated carbocycles. The molecule has 0 atom stereocenters. The van der Waals surface area contributed by atoms with E-state index >= 15 is 0 Å². The van der Waals surface area contributed by atoms with Crippen LogP contribution in [0.4, 0.5) is 0 Å². The minimum atomic E-state index is 0.0713. The fourth-order valence-corrected chi connectivity index (χ4v) is 2.69. The van der Waals surface area contributed by atoms with Crippen LogP contribution in [0.15, 0.2) is 72.8 Å². The molecule has 24 heavy (non-hydrogen) atoms. The van der Waals surface area contributed by atoms with E-state index in [9.17, 15) is 5.11 Å². The predicted octanol–water partition coefficient (Wildman–Crippen LogP) is 5.38. The summed E-state index contributed by atoms with van der Waals surface area (Å²) < 4.78 is 0. The summed E-state index contributed by atoms with van der Waals surface area (Å²) in [6, 6.07) is 25.3. The van der Waals surface area contributed by atoms with Crippen LogP contribution in [-0.4, -0.2) is 5.11 Å². The molecule has 3 aromatic rings. The van der Waals surface area contributed by atoms with E-state index in [4.69, 9.17) is 0 Å². The van der Waals surface area contributed by atoms with Crippen LogP contribution in [0.3, 0.4) is 0 Å². The van der Waals surface area contributed by atoms with Crippen molar-refractivity contribution in [3.8, 4) is 0 Å². The first-order chi connectivity index (χ1) is 11.7.